The second-order valence-corrected chi connectivity index (χ2v) is 4.79. The molecule has 1 amide bonds. The van der Waals surface area contributed by atoms with E-state index < -0.39 is 0 Å². The first-order chi connectivity index (χ1) is 9.36. The SMILES string of the molecule is CCn1nc(C)c(N)c1C(=O)Nc1c(C)nn(C)c1C. The molecule has 0 radical (unpaired) electrons. The predicted octanol–water partition coefficient (Wildman–Crippen LogP) is 1.40. The summed E-state index contributed by atoms with van der Waals surface area (Å²) in [6.07, 6.45) is 0. The summed E-state index contributed by atoms with van der Waals surface area (Å²) in [7, 11) is 1.84. The lowest BCUT2D eigenvalue weighted by atomic mass is 10.2. The first-order valence-corrected chi connectivity index (χ1v) is 6.51. The van der Waals surface area contributed by atoms with Gasteiger partial charge in [-0.25, -0.2) is 0 Å². The van der Waals surface area contributed by atoms with E-state index in [9.17, 15) is 4.79 Å². The van der Waals surface area contributed by atoms with Gasteiger partial charge in [0, 0.05) is 13.6 Å². The number of anilines is 2. The highest BCUT2D eigenvalue weighted by Gasteiger charge is 2.21. The summed E-state index contributed by atoms with van der Waals surface area (Å²) in [4.78, 5) is 12.5. The van der Waals surface area contributed by atoms with E-state index in [1.54, 1.807) is 16.3 Å². The largest absolute Gasteiger partial charge is 0.395 e. The van der Waals surface area contributed by atoms with E-state index in [1.807, 2.05) is 27.8 Å². The number of carbonyl (C=O) groups excluding carboxylic acids is 1. The molecule has 0 fully saturated rings. The highest BCUT2D eigenvalue weighted by molar-refractivity contribution is 6.07. The molecule has 2 rings (SSSR count). The fourth-order valence-electron chi connectivity index (χ4n) is 2.19. The van der Waals surface area contributed by atoms with Crippen molar-refractivity contribution in [2.24, 2.45) is 7.05 Å². The Hall–Kier alpha value is -2.31. The van der Waals surface area contributed by atoms with Crippen molar-refractivity contribution in [3.05, 3.63) is 22.8 Å². The molecule has 7 heteroatoms. The van der Waals surface area contributed by atoms with Crippen LogP contribution < -0.4 is 11.1 Å². The van der Waals surface area contributed by atoms with E-state index in [0.29, 0.717) is 23.6 Å². The van der Waals surface area contributed by atoms with E-state index in [-0.39, 0.29) is 5.91 Å². The first kappa shape index (κ1) is 14.1. The minimum Gasteiger partial charge on any atom is -0.395 e. The van der Waals surface area contributed by atoms with E-state index in [1.165, 1.54) is 0 Å². The molecule has 0 aliphatic carbocycles. The van der Waals surface area contributed by atoms with E-state index in [0.717, 1.165) is 17.1 Å². The molecule has 2 aromatic rings. The van der Waals surface area contributed by atoms with Gasteiger partial charge in [0.25, 0.3) is 5.91 Å². The quantitative estimate of drug-likeness (QED) is 0.886. The van der Waals surface area contributed by atoms with Crippen molar-refractivity contribution in [1.29, 1.82) is 0 Å². The maximum atomic E-state index is 12.5. The average Bonchev–Trinajstić information content (AvgIpc) is 2.81. The number of nitrogens with two attached hydrogens (primary N) is 1. The van der Waals surface area contributed by atoms with Gasteiger partial charge in [-0.15, -0.1) is 0 Å². The predicted molar refractivity (Wildman–Crippen MR) is 77.7 cm³/mol. The molecule has 0 atom stereocenters. The number of aryl methyl sites for hydroxylation is 4. The van der Waals surface area contributed by atoms with Gasteiger partial charge in [-0.05, 0) is 27.7 Å². The third-order valence-electron chi connectivity index (χ3n) is 3.44. The first-order valence-electron chi connectivity index (χ1n) is 6.51. The van der Waals surface area contributed by atoms with Crippen LogP contribution in [-0.2, 0) is 13.6 Å². The zero-order valence-electron chi connectivity index (χ0n) is 12.5. The van der Waals surface area contributed by atoms with E-state index in [2.05, 4.69) is 15.5 Å². The number of rotatable bonds is 3. The zero-order chi connectivity index (χ0) is 15.0. The number of hydrogen-bond acceptors (Lipinski definition) is 4. The lowest BCUT2D eigenvalue weighted by Gasteiger charge is -2.08. The summed E-state index contributed by atoms with van der Waals surface area (Å²) in [5.74, 6) is -0.260. The van der Waals surface area contributed by atoms with Crippen LogP contribution in [0.1, 0.15) is 34.5 Å². The molecule has 0 aliphatic heterocycles. The minimum atomic E-state index is -0.260. The third kappa shape index (κ3) is 2.15. The molecule has 108 valence electrons. The Morgan fingerprint density at radius 3 is 2.40 bits per heavy atom. The molecule has 0 unspecified atom stereocenters. The summed E-state index contributed by atoms with van der Waals surface area (Å²) in [5, 5.41) is 11.4. The van der Waals surface area contributed by atoms with Crippen LogP contribution in [0, 0.1) is 20.8 Å². The number of nitrogens with zero attached hydrogens (tertiary/aromatic N) is 4. The molecule has 7 nitrogen and oxygen atoms in total. The van der Waals surface area contributed by atoms with Crippen LogP contribution in [0.25, 0.3) is 0 Å². The molecule has 0 bridgehead atoms. The Kier molecular flexibility index (Phi) is 3.52. The molecule has 2 aromatic heterocycles. The lowest BCUT2D eigenvalue weighted by Crippen LogP contribution is -2.19. The Morgan fingerprint density at radius 1 is 1.25 bits per heavy atom. The van der Waals surface area contributed by atoms with Crippen molar-refractivity contribution in [3.8, 4) is 0 Å². The molecule has 0 aliphatic rings. The van der Waals surface area contributed by atoms with Crippen LogP contribution in [0.3, 0.4) is 0 Å². The molecule has 3 N–H and O–H groups in total. The Labute approximate surface area is 117 Å². The monoisotopic (exact) mass is 276 g/mol. The number of hydrogen-bond donors (Lipinski definition) is 2. The average molecular weight is 276 g/mol. The molecule has 0 aromatic carbocycles. The summed E-state index contributed by atoms with van der Waals surface area (Å²) >= 11 is 0. The minimum absolute atomic E-state index is 0.260. The van der Waals surface area contributed by atoms with Crippen LogP contribution in [0.5, 0.6) is 0 Å². The van der Waals surface area contributed by atoms with Gasteiger partial charge >= 0.3 is 0 Å². The smallest absolute Gasteiger partial charge is 0.276 e. The van der Waals surface area contributed by atoms with Gasteiger partial charge in [0.05, 0.1) is 28.5 Å². The third-order valence-corrected chi connectivity index (χ3v) is 3.44. The highest BCUT2D eigenvalue weighted by Crippen LogP contribution is 2.22. The van der Waals surface area contributed by atoms with Gasteiger partial charge < -0.3 is 11.1 Å². The van der Waals surface area contributed by atoms with Gasteiger partial charge in [-0.1, -0.05) is 0 Å². The summed E-state index contributed by atoms with van der Waals surface area (Å²) in [5.41, 5.74) is 9.82. The van der Waals surface area contributed by atoms with Crippen LogP contribution in [0.15, 0.2) is 0 Å². The van der Waals surface area contributed by atoms with E-state index >= 15 is 0 Å². The number of aromatic nitrogens is 4. The molecule has 0 saturated carbocycles. The van der Waals surface area contributed by atoms with Gasteiger partial charge in [0.15, 0.2) is 0 Å². The van der Waals surface area contributed by atoms with Crippen molar-refractivity contribution >= 4 is 17.3 Å². The summed E-state index contributed by atoms with van der Waals surface area (Å²) in [6.45, 7) is 8.06. The molecule has 2 heterocycles. The number of carbonyl (C=O) groups is 1. The molecule has 20 heavy (non-hydrogen) atoms. The number of nitrogen functional groups attached to an aromatic ring is 1. The van der Waals surface area contributed by atoms with Crippen LogP contribution in [0.4, 0.5) is 11.4 Å². The zero-order valence-corrected chi connectivity index (χ0v) is 12.5. The van der Waals surface area contributed by atoms with Crippen LogP contribution in [-0.4, -0.2) is 25.5 Å². The second kappa shape index (κ2) is 4.99. The molecule has 0 spiro atoms. The maximum Gasteiger partial charge on any atom is 0.276 e. The second-order valence-electron chi connectivity index (χ2n) is 4.79. The Bertz CT molecular complexity index is 667. The normalized spacial score (nSPS) is 10.8. The van der Waals surface area contributed by atoms with Crippen LogP contribution in [0.2, 0.25) is 0 Å². The number of amides is 1. The standard InChI is InChI=1S/C13H20N6O/c1-6-19-12(10(14)7(2)17-19)13(20)15-11-8(3)16-18(5)9(11)4/h6,14H2,1-5H3,(H,15,20). The fourth-order valence-corrected chi connectivity index (χ4v) is 2.19. The van der Waals surface area contributed by atoms with Gasteiger partial charge in [0.1, 0.15) is 5.69 Å². The number of nitrogens with one attached hydrogen (secondary N) is 1. The fraction of sp³-hybridized carbons (Fsp3) is 0.462. The van der Waals surface area contributed by atoms with Crippen molar-refractivity contribution in [2.45, 2.75) is 34.2 Å². The van der Waals surface area contributed by atoms with Crippen LogP contribution >= 0.6 is 0 Å². The molecule has 0 saturated heterocycles. The van der Waals surface area contributed by atoms with Crippen molar-refractivity contribution in [2.75, 3.05) is 11.1 Å². The Morgan fingerprint density at radius 2 is 1.90 bits per heavy atom. The molecular weight excluding hydrogens is 256 g/mol. The van der Waals surface area contributed by atoms with Gasteiger partial charge in [-0.2, -0.15) is 10.2 Å². The van der Waals surface area contributed by atoms with Gasteiger partial charge in [0.2, 0.25) is 0 Å². The molecular formula is C13H20N6O. The topological polar surface area (TPSA) is 90.8 Å². The van der Waals surface area contributed by atoms with Gasteiger partial charge in [-0.3, -0.25) is 14.2 Å². The summed E-state index contributed by atoms with van der Waals surface area (Å²) < 4.78 is 3.34. The van der Waals surface area contributed by atoms with Crippen molar-refractivity contribution in [3.63, 3.8) is 0 Å². The lowest BCUT2D eigenvalue weighted by molar-refractivity contribution is 0.101. The van der Waals surface area contributed by atoms with E-state index in [4.69, 9.17) is 5.73 Å². The van der Waals surface area contributed by atoms with Crippen molar-refractivity contribution < 1.29 is 4.79 Å². The maximum absolute atomic E-state index is 12.5. The summed E-state index contributed by atoms with van der Waals surface area (Å²) in [6, 6.07) is 0. The highest BCUT2D eigenvalue weighted by atomic mass is 16.2. The van der Waals surface area contributed by atoms with Crippen molar-refractivity contribution in [1.82, 2.24) is 19.6 Å². The Balaban J connectivity index is 2.38.